The molecule has 3 heterocycles. The average Bonchev–Trinajstić information content (AvgIpc) is 3.11. The van der Waals surface area contributed by atoms with Crippen LogP contribution >= 0.6 is 0 Å². The molecule has 6 nitrogen and oxygen atoms in total. The molecule has 1 aromatic rings. The molecule has 0 saturated carbocycles. The first-order valence-corrected chi connectivity index (χ1v) is 8.22. The molecule has 1 N–H and O–H groups in total. The van der Waals surface area contributed by atoms with E-state index < -0.39 is 0 Å². The number of hydrogen-bond donors (Lipinski definition) is 1. The summed E-state index contributed by atoms with van der Waals surface area (Å²) in [5.74, 6) is 1.19. The number of fused-ring (bicyclic) bond motifs is 1. The minimum Gasteiger partial charge on any atom is -0.378 e. The fourth-order valence-corrected chi connectivity index (χ4v) is 3.16. The summed E-state index contributed by atoms with van der Waals surface area (Å²) in [5, 5.41) is 3.10. The van der Waals surface area contributed by atoms with Crippen molar-refractivity contribution in [3.8, 4) is 0 Å². The van der Waals surface area contributed by atoms with Crippen molar-refractivity contribution in [2.75, 3.05) is 19.8 Å². The van der Waals surface area contributed by atoms with Gasteiger partial charge in [-0.1, -0.05) is 0 Å². The van der Waals surface area contributed by atoms with Gasteiger partial charge < -0.3 is 19.4 Å². The third-order valence-corrected chi connectivity index (χ3v) is 4.28. The van der Waals surface area contributed by atoms with Crippen LogP contribution in [0.25, 0.3) is 0 Å². The number of rotatable bonds is 6. The van der Waals surface area contributed by atoms with Gasteiger partial charge in [0.2, 0.25) is 5.91 Å². The lowest BCUT2D eigenvalue weighted by Crippen LogP contribution is -2.41. The first-order chi connectivity index (χ1) is 10.7. The van der Waals surface area contributed by atoms with Gasteiger partial charge in [-0.2, -0.15) is 0 Å². The van der Waals surface area contributed by atoms with Crippen molar-refractivity contribution >= 4 is 5.91 Å². The predicted molar refractivity (Wildman–Crippen MR) is 81.6 cm³/mol. The number of ether oxygens (including phenoxy) is 2. The van der Waals surface area contributed by atoms with Gasteiger partial charge in [0.1, 0.15) is 5.82 Å². The van der Waals surface area contributed by atoms with Gasteiger partial charge in [0.25, 0.3) is 0 Å². The predicted octanol–water partition coefficient (Wildman–Crippen LogP) is 1.21. The maximum Gasteiger partial charge on any atom is 0.222 e. The number of imidazole rings is 1. The van der Waals surface area contributed by atoms with Crippen molar-refractivity contribution in [3.63, 3.8) is 0 Å². The van der Waals surface area contributed by atoms with Gasteiger partial charge in [-0.05, 0) is 26.2 Å². The molecule has 0 radical (unpaired) electrons. The molecular weight excluding hydrogens is 282 g/mol. The lowest BCUT2D eigenvalue weighted by molar-refractivity contribution is -0.123. The van der Waals surface area contributed by atoms with Gasteiger partial charge in [0.05, 0.1) is 25.0 Å². The number of aryl methyl sites for hydroxylation is 2. The van der Waals surface area contributed by atoms with E-state index in [0.29, 0.717) is 19.6 Å². The summed E-state index contributed by atoms with van der Waals surface area (Å²) >= 11 is 0. The number of carbonyl (C=O) groups excluding carboxylic acids is 1. The molecule has 0 bridgehead atoms. The van der Waals surface area contributed by atoms with Crippen LogP contribution in [0, 0.1) is 6.92 Å². The maximum atomic E-state index is 12.0. The normalized spacial score (nSPS) is 24.2. The van der Waals surface area contributed by atoms with Crippen LogP contribution in [0.1, 0.15) is 37.2 Å². The van der Waals surface area contributed by atoms with Crippen LogP contribution in [-0.2, 0) is 27.2 Å². The largest absolute Gasteiger partial charge is 0.378 e. The second-order valence-corrected chi connectivity index (χ2v) is 6.21. The van der Waals surface area contributed by atoms with Crippen molar-refractivity contribution in [1.29, 1.82) is 0 Å². The molecule has 3 rings (SSSR count). The molecule has 1 aromatic heterocycles. The van der Waals surface area contributed by atoms with Crippen LogP contribution in [0.5, 0.6) is 0 Å². The Morgan fingerprint density at radius 3 is 3.27 bits per heavy atom. The molecule has 0 aliphatic carbocycles. The van der Waals surface area contributed by atoms with Crippen LogP contribution in [-0.4, -0.2) is 47.4 Å². The first kappa shape index (κ1) is 15.5. The van der Waals surface area contributed by atoms with E-state index in [1.165, 1.54) is 0 Å². The Labute approximate surface area is 131 Å². The third kappa shape index (κ3) is 4.08. The van der Waals surface area contributed by atoms with Gasteiger partial charge in [0.15, 0.2) is 0 Å². The van der Waals surface area contributed by atoms with E-state index in [9.17, 15) is 4.79 Å². The van der Waals surface area contributed by atoms with E-state index in [4.69, 9.17) is 9.47 Å². The quantitative estimate of drug-likeness (QED) is 0.802. The van der Waals surface area contributed by atoms with Crippen LogP contribution < -0.4 is 5.32 Å². The number of amides is 1. The summed E-state index contributed by atoms with van der Waals surface area (Å²) in [7, 11) is 0. The second-order valence-electron chi connectivity index (χ2n) is 6.21. The minimum atomic E-state index is 0.0672. The standard InChI is InChI=1S/C16H25N3O3/c1-12-9-19-10-13(4-5-15(19)17-12)18-16(20)6-8-21-11-14-3-2-7-22-14/h9,13-14H,2-8,10-11H2,1H3,(H,18,20)/t13-,14-/m0/s1. The highest BCUT2D eigenvalue weighted by Crippen LogP contribution is 2.15. The van der Waals surface area contributed by atoms with Gasteiger partial charge in [0, 0.05) is 38.2 Å². The lowest BCUT2D eigenvalue weighted by Gasteiger charge is -2.24. The topological polar surface area (TPSA) is 65.4 Å². The summed E-state index contributed by atoms with van der Waals surface area (Å²) in [4.78, 5) is 16.5. The van der Waals surface area contributed by atoms with E-state index in [0.717, 1.165) is 50.4 Å². The van der Waals surface area contributed by atoms with Crippen LogP contribution in [0.4, 0.5) is 0 Å². The lowest BCUT2D eigenvalue weighted by atomic mass is 10.1. The Bertz CT molecular complexity index is 509. The summed E-state index contributed by atoms with van der Waals surface area (Å²) in [6, 6.07) is 0.201. The number of hydrogen-bond acceptors (Lipinski definition) is 4. The van der Waals surface area contributed by atoms with Gasteiger partial charge >= 0.3 is 0 Å². The Kier molecular flexibility index (Phi) is 5.10. The molecule has 0 aromatic carbocycles. The number of aromatic nitrogens is 2. The molecular formula is C16H25N3O3. The Morgan fingerprint density at radius 1 is 1.55 bits per heavy atom. The molecule has 0 unspecified atom stereocenters. The van der Waals surface area contributed by atoms with Crippen molar-refractivity contribution in [2.24, 2.45) is 0 Å². The van der Waals surface area contributed by atoms with Crippen molar-refractivity contribution < 1.29 is 14.3 Å². The number of nitrogens with zero attached hydrogens (tertiary/aromatic N) is 2. The molecule has 122 valence electrons. The highest BCUT2D eigenvalue weighted by atomic mass is 16.5. The van der Waals surface area contributed by atoms with Crippen LogP contribution in [0.3, 0.4) is 0 Å². The molecule has 2 atom stereocenters. The van der Waals surface area contributed by atoms with Gasteiger partial charge in [-0.15, -0.1) is 0 Å². The van der Waals surface area contributed by atoms with E-state index >= 15 is 0 Å². The zero-order chi connectivity index (χ0) is 15.4. The molecule has 6 heteroatoms. The highest BCUT2D eigenvalue weighted by Gasteiger charge is 2.21. The fraction of sp³-hybridized carbons (Fsp3) is 0.750. The SMILES string of the molecule is Cc1cn2c(n1)CC[C@H](NC(=O)CCOC[C@@H]1CCCO1)C2. The van der Waals surface area contributed by atoms with Crippen molar-refractivity contribution in [1.82, 2.24) is 14.9 Å². The van der Waals surface area contributed by atoms with E-state index in [1.807, 2.05) is 6.92 Å². The summed E-state index contributed by atoms with van der Waals surface area (Å²) in [5.41, 5.74) is 1.05. The maximum absolute atomic E-state index is 12.0. The Hall–Kier alpha value is -1.40. The van der Waals surface area contributed by atoms with E-state index in [2.05, 4.69) is 21.1 Å². The van der Waals surface area contributed by atoms with E-state index in [1.54, 1.807) is 0 Å². The molecule has 1 saturated heterocycles. The monoisotopic (exact) mass is 307 g/mol. The van der Waals surface area contributed by atoms with Gasteiger partial charge in [-0.3, -0.25) is 4.79 Å². The number of carbonyl (C=O) groups is 1. The molecule has 1 fully saturated rings. The molecule has 2 aliphatic rings. The van der Waals surface area contributed by atoms with Crippen LogP contribution in [0.15, 0.2) is 6.20 Å². The van der Waals surface area contributed by atoms with Crippen molar-refractivity contribution in [2.45, 2.75) is 57.7 Å². The van der Waals surface area contributed by atoms with Gasteiger partial charge in [-0.25, -0.2) is 4.98 Å². The average molecular weight is 307 g/mol. The zero-order valence-electron chi connectivity index (χ0n) is 13.2. The minimum absolute atomic E-state index is 0.0672. The summed E-state index contributed by atoms with van der Waals surface area (Å²) in [6.45, 7) is 4.73. The Balaban J connectivity index is 1.33. The molecule has 1 amide bonds. The second kappa shape index (κ2) is 7.24. The number of nitrogens with one attached hydrogen (secondary N) is 1. The van der Waals surface area contributed by atoms with Crippen molar-refractivity contribution in [3.05, 3.63) is 17.7 Å². The highest BCUT2D eigenvalue weighted by molar-refractivity contribution is 5.76. The zero-order valence-corrected chi connectivity index (χ0v) is 13.2. The van der Waals surface area contributed by atoms with E-state index in [-0.39, 0.29) is 18.1 Å². The summed E-state index contributed by atoms with van der Waals surface area (Å²) in [6.07, 6.45) is 6.77. The third-order valence-electron chi connectivity index (χ3n) is 4.28. The van der Waals surface area contributed by atoms with Crippen LogP contribution in [0.2, 0.25) is 0 Å². The molecule has 22 heavy (non-hydrogen) atoms. The molecule has 0 spiro atoms. The smallest absolute Gasteiger partial charge is 0.222 e. The first-order valence-electron chi connectivity index (χ1n) is 8.22. The molecule has 2 aliphatic heterocycles. The Morgan fingerprint density at radius 2 is 2.45 bits per heavy atom. The summed E-state index contributed by atoms with van der Waals surface area (Å²) < 4.78 is 13.2. The fourth-order valence-electron chi connectivity index (χ4n) is 3.16.